The van der Waals surface area contributed by atoms with E-state index >= 15 is 0 Å². The summed E-state index contributed by atoms with van der Waals surface area (Å²) in [6, 6.07) is 0. The molecule has 0 unspecified atom stereocenters. The van der Waals surface area contributed by atoms with Crippen molar-refractivity contribution in [2.45, 2.75) is 6.92 Å². The Balaban J connectivity index is 0. The van der Waals surface area contributed by atoms with Crippen LogP contribution in [0.25, 0.3) is 0 Å². The number of carbonyl (C=O) groups is 2. The molecule has 0 rings (SSSR count). The third-order valence-corrected chi connectivity index (χ3v) is 1.00. The number of hydrogen-bond acceptors (Lipinski definition) is 2. The van der Waals surface area contributed by atoms with Gasteiger partial charge in [-0.05, 0) is 13.0 Å². The Morgan fingerprint density at radius 3 is 1.92 bits per heavy atom. The van der Waals surface area contributed by atoms with Gasteiger partial charge in [-0.2, -0.15) is 0 Å². The van der Waals surface area contributed by atoms with E-state index in [0.717, 1.165) is 6.08 Å². The van der Waals surface area contributed by atoms with E-state index in [1.807, 2.05) is 0 Å². The fraction of sp³-hybridized carbons (Fsp3) is 0.143. The molecule has 4 nitrogen and oxygen atoms in total. The average molecular weight is 164 g/mol. The zero-order valence-corrected chi connectivity index (χ0v) is 6.00. The first-order valence-corrected chi connectivity index (χ1v) is 2.79. The van der Waals surface area contributed by atoms with Gasteiger partial charge in [0.15, 0.2) is 0 Å². The molecule has 0 spiro atoms. The Morgan fingerprint density at radius 1 is 1.25 bits per heavy atom. The number of hydrogen-bond donors (Lipinski definition) is 2. The molecular formula is C7H9LiO4. The molecule has 2 N–H and O–H groups in total. The van der Waals surface area contributed by atoms with E-state index in [0.29, 0.717) is 0 Å². The zero-order valence-electron chi connectivity index (χ0n) is 6.00. The van der Waals surface area contributed by atoms with Crippen LogP contribution in [-0.2, 0) is 9.59 Å². The van der Waals surface area contributed by atoms with E-state index in [9.17, 15) is 9.59 Å². The molecule has 0 saturated carbocycles. The molecule has 0 atom stereocenters. The van der Waals surface area contributed by atoms with Gasteiger partial charge in [-0.1, -0.05) is 6.58 Å². The van der Waals surface area contributed by atoms with E-state index in [4.69, 9.17) is 10.2 Å². The third-order valence-electron chi connectivity index (χ3n) is 1.00. The molecule has 5 heteroatoms. The van der Waals surface area contributed by atoms with Crippen molar-refractivity contribution in [2.75, 3.05) is 0 Å². The minimum absolute atomic E-state index is 0. The van der Waals surface area contributed by atoms with Gasteiger partial charge in [0.25, 0.3) is 0 Å². The zero-order chi connectivity index (χ0) is 9.02. The second-order valence-corrected chi connectivity index (χ2v) is 1.96. The van der Waals surface area contributed by atoms with Crippen molar-refractivity contribution in [1.82, 2.24) is 0 Å². The van der Waals surface area contributed by atoms with Crippen molar-refractivity contribution in [1.29, 1.82) is 0 Å². The SMILES string of the molecule is C=C(C=C(C)C(=O)O)C(=O)O.[LiH]. The van der Waals surface area contributed by atoms with Gasteiger partial charge in [0.2, 0.25) is 0 Å². The van der Waals surface area contributed by atoms with Crippen LogP contribution < -0.4 is 0 Å². The summed E-state index contributed by atoms with van der Waals surface area (Å²) >= 11 is 0. The van der Waals surface area contributed by atoms with Gasteiger partial charge in [-0.15, -0.1) is 0 Å². The van der Waals surface area contributed by atoms with Crippen LogP contribution in [0.4, 0.5) is 0 Å². The summed E-state index contributed by atoms with van der Waals surface area (Å²) < 4.78 is 0. The Hall–Kier alpha value is -0.983. The molecular weight excluding hydrogens is 155 g/mol. The summed E-state index contributed by atoms with van der Waals surface area (Å²) in [4.78, 5) is 20.3. The second-order valence-electron chi connectivity index (χ2n) is 1.96. The van der Waals surface area contributed by atoms with Crippen LogP contribution in [0.3, 0.4) is 0 Å². The van der Waals surface area contributed by atoms with Gasteiger partial charge >= 0.3 is 30.8 Å². The molecule has 0 aromatic rings. The molecule has 0 amide bonds. The first kappa shape index (κ1) is 13.6. The average Bonchev–Trinajstić information content (AvgIpc) is 1.87. The summed E-state index contributed by atoms with van der Waals surface area (Å²) in [6.45, 7) is 4.44. The first-order valence-electron chi connectivity index (χ1n) is 2.79. The maximum absolute atomic E-state index is 10.2. The van der Waals surface area contributed by atoms with Gasteiger partial charge in [0, 0.05) is 5.57 Å². The first-order chi connectivity index (χ1) is 4.95. The minimum atomic E-state index is -1.22. The fourth-order valence-electron chi connectivity index (χ4n) is 0.385. The standard InChI is InChI=1S/C7H8O4.Li.H/c1-4(6(8)9)3-5(2)7(10)11;;/h3H,1H2,2H3,(H,8,9)(H,10,11);;. The van der Waals surface area contributed by atoms with Gasteiger partial charge in [0.05, 0.1) is 5.57 Å². The molecule has 0 aliphatic rings. The molecule has 0 saturated heterocycles. The molecule has 0 aliphatic carbocycles. The van der Waals surface area contributed by atoms with Crippen molar-refractivity contribution in [3.8, 4) is 0 Å². The van der Waals surface area contributed by atoms with Crippen LogP contribution in [0.1, 0.15) is 6.92 Å². The Kier molecular flexibility index (Phi) is 6.39. The predicted molar refractivity (Wildman–Crippen MR) is 45.3 cm³/mol. The summed E-state index contributed by atoms with van der Waals surface area (Å²) in [5.41, 5.74) is -0.276. The molecule has 0 aliphatic heterocycles. The van der Waals surface area contributed by atoms with E-state index in [1.54, 1.807) is 0 Å². The van der Waals surface area contributed by atoms with E-state index in [-0.39, 0.29) is 30.0 Å². The van der Waals surface area contributed by atoms with Crippen molar-refractivity contribution in [3.05, 3.63) is 23.8 Å². The summed E-state index contributed by atoms with van der Waals surface area (Å²) in [6.07, 6.45) is 1.00. The topological polar surface area (TPSA) is 74.6 Å². The molecule has 0 aromatic carbocycles. The quantitative estimate of drug-likeness (QED) is 0.350. The van der Waals surface area contributed by atoms with Crippen LogP contribution in [0, 0.1) is 0 Å². The van der Waals surface area contributed by atoms with Crippen molar-refractivity contribution < 1.29 is 19.8 Å². The molecule has 0 fully saturated rings. The summed E-state index contributed by atoms with van der Waals surface area (Å²) in [5, 5.41) is 16.6. The molecule has 62 valence electrons. The van der Waals surface area contributed by atoms with Crippen LogP contribution in [0.5, 0.6) is 0 Å². The molecule has 0 heterocycles. The van der Waals surface area contributed by atoms with E-state index < -0.39 is 11.9 Å². The van der Waals surface area contributed by atoms with Crippen LogP contribution >= 0.6 is 0 Å². The summed E-state index contributed by atoms with van der Waals surface area (Å²) in [5.74, 6) is -2.36. The number of carboxylic acids is 2. The Morgan fingerprint density at radius 2 is 1.67 bits per heavy atom. The maximum atomic E-state index is 10.2. The number of aliphatic carboxylic acids is 2. The van der Waals surface area contributed by atoms with Crippen molar-refractivity contribution in [2.24, 2.45) is 0 Å². The molecule has 0 radical (unpaired) electrons. The fourth-order valence-corrected chi connectivity index (χ4v) is 0.385. The van der Waals surface area contributed by atoms with Gasteiger partial charge in [0.1, 0.15) is 0 Å². The Labute approximate surface area is 81.8 Å². The van der Waals surface area contributed by atoms with Gasteiger partial charge in [-0.3, -0.25) is 0 Å². The number of carboxylic acid groups (broad SMARTS) is 2. The van der Waals surface area contributed by atoms with E-state index in [2.05, 4.69) is 6.58 Å². The molecule has 0 bridgehead atoms. The molecule has 0 aromatic heterocycles. The van der Waals surface area contributed by atoms with Crippen LogP contribution in [0.2, 0.25) is 0 Å². The monoisotopic (exact) mass is 164 g/mol. The van der Waals surface area contributed by atoms with Gasteiger partial charge < -0.3 is 10.2 Å². The number of rotatable bonds is 3. The van der Waals surface area contributed by atoms with Crippen molar-refractivity contribution in [3.63, 3.8) is 0 Å². The second kappa shape index (κ2) is 5.64. The third kappa shape index (κ3) is 4.78. The summed E-state index contributed by atoms with van der Waals surface area (Å²) in [7, 11) is 0. The Bertz CT molecular complexity index is 242. The van der Waals surface area contributed by atoms with Crippen LogP contribution in [0.15, 0.2) is 23.8 Å². The predicted octanol–water partition coefficient (Wildman–Crippen LogP) is 0.00960. The normalized spacial score (nSPS) is 9.92. The van der Waals surface area contributed by atoms with Crippen LogP contribution in [-0.4, -0.2) is 41.0 Å². The van der Waals surface area contributed by atoms with Gasteiger partial charge in [-0.25, -0.2) is 9.59 Å². The molecule has 12 heavy (non-hydrogen) atoms. The van der Waals surface area contributed by atoms with Crippen molar-refractivity contribution >= 4 is 30.8 Å². The van der Waals surface area contributed by atoms with E-state index in [1.165, 1.54) is 6.92 Å².